The summed E-state index contributed by atoms with van der Waals surface area (Å²) < 4.78 is 0. The maximum atomic E-state index is 4.35. The maximum absolute atomic E-state index is 4.35. The van der Waals surface area contributed by atoms with Crippen LogP contribution in [0.3, 0.4) is 0 Å². The van der Waals surface area contributed by atoms with Crippen LogP contribution in [0.4, 0.5) is 0 Å². The fourth-order valence-corrected chi connectivity index (χ4v) is 2.36. The molecule has 0 bridgehead atoms. The molecule has 0 fully saturated rings. The summed E-state index contributed by atoms with van der Waals surface area (Å²) in [5.41, 5.74) is 0. The van der Waals surface area contributed by atoms with E-state index >= 15 is 0 Å². The van der Waals surface area contributed by atoms with Gasteiger partial charge in [0.2, 0.25) is 0 Å². The lowest BCUT2D eigenvalue weighted by atomic mass is 10.1. The maximum Gasteiger partial charge on any atom is 0.0330 e. The molecule has 0 amide bonds. The van der Waals surface area contributed by atoms with Crippen LogP contribution in [0, 0.1) is 5.92 Å². The normalized spacial score (nSPS) is 13.7. The number of rotatable bonds is 6. The molecule has 1 aromatic heterocycles. The van der Waals surface area contributed by atoms with Crippen LogP contribution in [0.1, 0.15) is 25.6 Å². The Balaban J connectivity index is 2.51. The predicted octanol–water partition coefficient (Wildman–Crippen LogP) is 3.52. The van der Waals surface area contributed by atoms with Gasteiger partial charge in [0, 0.05) is 24.0 Å². The second-order valence-electron chi connectivity index (χ2n) is 4.39. The highest BCUT2D eigenvalue weighted by Crippen LogP contribution is 2.15. The first-order chi connectivity index (χ1) is 7.13. The first-order valence-corrected chi connectivity index (χ1v) is 7.02. The van der Waals surface area contributed by atoms with Gasteiger partial charge in [0.15, 0.2) is 0 Å². The van der Waals surface area contributed by atoms with Crippen molar-refractivity contribution in [2.75, 3.05) is 12.3 Å². The summed E-state index contributed by atoms with van der Waals surface area (Å²) in [6.07, 6.45) is 0. The summed E-state index contributed by atoms with van der Waals surface area (Å²) in [6, 6.07) is 4.95. The van der Waals surface area contributed by atoms with E-state index in [1.165, 1.54) is 4.88 Å². The number of hydrogen-bond acceptors (Lipinski definition) is 3. The summed E-state index contributed by atoms with van der Waals surface area (Å²) >= 11 is 6.19. The van der Waals surface area contributed by atoms with E-state index in [1.807, 2.05) is 11.3 Å². The van der Waals surface area contributed by atoms with Gasteiger partial charge in [0.05, 0.1) is 0 Å². The molecule has 0 aliphatic carbocycles. The van der Waals surface area contributed by atoms with E-state index in [-0.39, 0.29) is 0 Å². The van der Waals surface area contributed by atoms with Gasteiger partial charge in [0.1, 0.15) is 0 Å². The van der Waals surface area contributed by atoms with E-state index in [0.29, 0.717) is 12.0 Å². The molecule has 1 heterocycles. The van der Waals surface area contributed by atoms with Crippen LogP contribution >= 0.6 is 24.0 Å². The molecule has 0 aromatic carbocycles. The van der Waals surface area contributed by atoms with Crippen molar-refractivity contribution in [3.8, 4) is 0 Å². The highest BCUT2D eigenvalue weighted by atomic mass is 32.1. The van der Waals surface area contributed by atoms with Crippen LogP contribution in [-0.4, -0.2) is 23.2 Å². The highest BCUT2D eigenvalue weighted by molar-refractivity contribution is 7.80. The van der Waals surface area contributed by atoms with Crippen LogP contribution in [0.5, 0.6) is 0 Å². The van der Waals surface area contributed by atoms with E-state index in [2.05, 4.69) is 55.8 Å². The van der Waals surface area contributed by atoms with E-state index < -0.39 is 0 Å². The topological polar surface area (TPSA) is 3.24 Å². The van der Waals surface area contributed by atoms with Crippen molar-refractivity contribution in [1.29, 1.82) is 0 Å². The molecule has 0 spiro atoms. The van der Waals surface area contributed by atoms with Gasteiger partial charge in [-0.1, -0.05) is 13.0 Å². The van der Waals surface area contributed by atoms with E-state index in [4.69, 9.17) is 0 Å². The van der Waals surface area contributed by atoms with Crippen LogP contribution in [0.15, 0.2) is 17.5 Å². The average Bonchev–Trinajstić information content (AvgIpc) is 2.69. The minimum atomic E-state index is 0.606. The van der Waals surface area contributed by atoms with E-state index in [0.717, 1.165) is 18.8 Å². The molecule has 15 heavy (non-hydrogen) atoms. The lowest BCUT2D eigenvalue weighted by Gasteiger charge is -2.28. The number of nitrogens with zero attached hydrogens (tertiary/aromatic N) is 1. The summed E-state index contributed by atoms with van der Waals surface area (Å²) in [5.74, 6) is 1.63. The third-order valence-electron chi connectivity index (χ3n) is 2.53. The minimum Gasteiger partial charge on any atom is -0.296 e. The van der Waals surface area contributed by atoms with Crippen molar-refractivity contribution in [3.05, 3.63) is 22.4 Å². The quantitative estimate of drug-likeness (QED) is 0.748. The van der Waals surface area contributed by atoms with Crippen molar-refractivity contribution < 1.29 is 0 Å². The van der Waals surface area contributed by atoms with Crippen molar-refractivity contribution in [1.82, 2.24) is 4.90 Å². The second kappa shape index (κ2) is 6.56. The third-order valence-corrected chi connectivity index (χ3v) is 4.01. The van der Waals surface area contributed by atoms with Gasteiger partial charge < -0.3 is 0 Å². The van der Waals surface area contributed by atoms with Gasteiger partial charge in [-0.3, -0.25) is 4.90 Å². The Hall–Kier alpha value is 0.01000. The first kappa shape index (κ1) is 13.1. The van der Waals surface area contributed by atoms with Gasteiger partial charge in [-0.25, -0.2) is 0 Å². The molecule has 0 N–H and O–H groups in total. The van der Waals surface area contributed by atoms with Crippen molar-refractivity contribution in [2.24, 2.45) is 5.92 Å². The average molecular weight is 243 g/mol. The molecule has 1 nitrogen and oxygen atoms in total. The number of hydrogen-bond donors (Lipinski definition) is 1. The van der Waals surface area contributed by atoms with Crippen LogP contribution in [-0.2, 0) is 6.54 Å². The van der Waals surface area contributed by atoms with Crippen molar-refractivity contribution in [3.63, 3.8) is 0 Å². The Labute approximate surface area is 103 Å². The molecular formula is C12H21NS2. The molecule has 1 atom stereocenters. The molecule has 0 saturated carbocycles. The number of thiol groups is 1. The van der Waals surface area contributed by atoms with Gasteiger partial charge >= 0.3 is 0 Å². The summed E-state index contributed by atoms with van der Waals surface area (Å²) in [6.45, 7) is 9.00. The predicted molar refractivity (Wildman–Crippen MR) is 72.9 cm³/mol. The monoisotopic (exact) mass is 243 g/mol. The smallest absolute Gasteiger partial charge is 0.0330 e. The Morgan fingerprint density at radius 2 is 2.13 bits per heavy atom. The standard InChI is InChI=1S/C12H21NS2/c1-10(2)13(7-11(3)9-14)8-12-5-4-6-15-12/h4-6,10-11,14H,7-9H2,1-3H3. The molecule has 0 aliphatic heterocycles. The molecule has 0 aliphatic rings. The van der Waals surface area contributed by atoms with Gasteiger partial charge in [-0.05, 0) is 37.0 Å². The summed E-state index contributed by atoms with van der Waals surface area (Å²) in [5, 5.41) is 2.15. The zero-order valence-electron chi connectivity index (χ0n) is 9.81. The Morgan fingerprint density at radius 1 is 1.40 bits per heavy atom. The van der Waals surface area contributed by atoms with Crippen molar-refractivity contribution >= 4 is 24.0 Å². The van der Waals surface area contributed by atoms with Crippen LogP contribution < -0.4 is 0 Å². The molecule has 3 heteroatoms. The first-order valence-electron chi connectivity index (χ1n) is 5.50. The Bertz CT molecular complexity index is 257. The van der Waals surface area contributed by atoms with E-state index in [1.54, 1.807) is 0 Å². The molecule has 1 unspecified atom stereocenters. The molecule has 1 aromatic rings. The Kier molecular flexibility index (Phi) is 5.72. The van der Waals surface area contributed by atoms with E-state index in [9.17, 15) is 0 Å². The molecular weight excluding hydrogens is 222 g/mol. The summed E-state index contributed by atoms with van der Waals surface area (Å²) in [7, 11) is 0. The lowest BCUT2D eigenvalue weighted by Crippen LogP contribution is -2.34. The molecule has 0 radical (unpaired) electrons. The minimum absolute atomic E-state index is 0.606. The molecule has 86 valence electrons. The largest absolute Gasteiger partial charge is 0.296 e. The fourth-order valence-electron chi connectivity index (χ4n) is 1.52. The Morgan fingerprint density at radius 3 is 2.60 bits per heavy atom. The zero-order chi connectivity index (χ0) is 11.3. The van der Waals surface area contributed by atoms with Gasteiger partial charge in [-0.15, -0.1) is 11.3 Å². The number of thiophene rings is 1. The lowest BCUT2D eigenvalue weighted by molar-refractivity contribution is 0.192. The van der Waals surface area contributed by atoms with Crippen molar-refractivity contribution in [2.45, 2.75) is 33.4 Å². The van der Waals surface area contributed by atoms with Gasteiger partial charge in [-0.2, -0.15) is 12.6 Å². The van der Waals surface area contributed by atoms with Gasteiger partial charge in [0.25, 0.3) is 0 Å². The SMILES string of the molecule is CC(CS)CN(Cc1cccs1)C(C)C. The van der Waals surface area contributed by atoms with Crippen LogP contribution in [0.25, 0.3) is 0 Å². The molecule has 0 saturated heterocycles. The highest BCUT2D eigenvalue weighted by Gasteiger charge is 2.13. The third kappa shape index (κ3) is 4.58. The molecule has 1 rings (SSSR count). The van der Waals surface area contributed by atoms with Crippen LogP contribution in [0.2, 0.25) is 0 Å². The zero-order valence-corrected chi connectivity index (χ0v) is 11.5. The summed E-state index contributed by atoms with van der Waals surface area (Å²) in [4.78, 5) is 3.97. The fraction of sp³-hybridized carbons (Fsp3) is 0.667. The second-order valence-corrected chi connectivity index (χ2v) is 5.79.